The second kappa shape index (κ2) is 6.97. The molecule has 8 heteroatoms. The number of benzene rings is 2. The van der Waals surface area contributed by atoms with Crippen LogP contribution in [-0.4, -0.2) is 30.8 Å². The number of esters is 1. The van der Waals surface area contributed by atoms with Gasteiger partial charge in [0.15, 0.2) is 0 Å². The van der Waals surface area contributed by atoms with Crippen LogP contribution in [0.1, 0.15) is 49.7 Å². The maximum atomic E-state index is 13.7. The molecule has 0 saturated heterocycles. The van der Waals surface area contributed by atoms with Gasteiger partial charge in [-0.15, -0.1) is 0 Å². The standard InChI is InChI=1S/C24H26F2O5S/c1-15-6-7-20(19-5-3-2-4-18(15)19)23-11-16-8-17(12-23)10-22(9-16,13-23)14-31-21(27)24(25,26)32(28,29)30/h2-7,16-17H,8-14H2,1H3,(H,28,29,30). The zero-order valence-corrected chi connectivity index (χ0v) is 18.6. The monoisotopic (exact) mass is 464 g/mol. The van der Waals surface area contributed by atoms with Crippen molar-refractivity contribution in [2.24, 2.45) is 17.3 Å². The first-order chi connectivity index (χ1) is 14.9. The Hall–Kier alpha value is -2.06. The van der Waals surface area contributed by atoms with Crippen LogP contribution in [0.5, 0.6) is 0 Å². The molecule has 0 spiro atoms. The Balaban J connectivity index is 1.48. The number of halogens is 2. The number of hydrogen-bond acceptors (Lipinski definition) is 4. The van der Waals surface area contributed by atoms with Gasteiger partial charge in [-0.25, -0.2) is 4.79 Å². The molecule has 172 valence electrons. The second-order valence-corrected chi connectivity index (χ2v) is 11.7. The number of rotatable bonds is 5. The maximum absolute atomic E-state index is 13.7. The number of carbonyl (C=O) groups excluding carboxylic acids is 1. The first kappa shape index (κ1) is 21.8. The fraction of sp³-hybridized carbons (Fsp3) is 0.542. The smallest absolute Gasteiger partial charge is 0.460 e. The van der Waals surface area contributed by atoms with Crippen molar-refractivity contribution < 1.29 is 31.3 Å². The summed E-state index contributed by atoms with van der Waals surface area (Å²) in [4.78, 5) is 11.9. The zero-order chi connectivity index (χ0) is 22.9. The Morgan fingerprint density at radius 3 is 2.34 bits per heavy atom. The molecule has 2 unspecified atom stereocenters. The summed E-state index contributed by atoms with van der Waals surface area (Å²) in [6, 6.07) is 12.6. The Kier molecular flexibility index (Phi) is 4.74. The van der Waals surface area contributed by atoms with Crippen LogP contribution in [0.4, 0.5) is 8.78 Å². The van der Waals surface area contributed by atoms with E-state index in [0.717, 1.165) is 32.1 Å². The lowest BCUT2D eigenvalue weighted by atomic mass is 9.43. The molecule has 5 nitrogen and oxygen atoms in total. The molecule has 4 aliphatic rings. The van der Waals surface area contributed by atoms with Crippen LogP contribution in [0.15, 0.2) is 36.4 Å². The third-order valence-corrected chi connectivity index (χ3v) is 8.78. The molecule has 4 saturated carbocycles. The van der Waals surface area contributed by atoms with Crippen molar-refractivity contribution in [3.05, 3.63) is 47.5 Å². The molecule has 0 radical (unpaired) electrons. The van der Waals surface area contributed by atoms with E-state index in [-0.39, 0.29) is 12.0 Å². The molecule has 2 atom stereocenters. The Labute approximate surface area is 185 Å². The highest BCUT2D eigenvalue weighted by atomic mass is 32.2. The van der Waals surface area contributed by atoms with Crippen molar-refractivity contribution in [3.8, 4) is 0 Å². The molecule has 1 N–H and O–H groups in total. The van der Waals surface area contributed by atoms with Gasteiger partial charge < -0.3 is 4.74 Å². The van der Waals surface area contributed by atoms with Gasteiger partial charge in [0.1, 0.15) is 0 Å². The predicted octanol–water partition coefficient (Wildman–Crippen LogP) is 5.01. The summed E-state index contributed by atoms with van der Waals surface area (Å²) >= 11 is 0. The number of fused-ring (bicyclic) bond motifs is 1. The van der Waals surface area contributed by atoms with Crippen molar-refractivity contribution in [1.82, 2.24) is 0 Å². The Bertz CT molecular complexity index is 1190. The van der Waals surface area contributed by atoms with Gasteiger partial charge in [0.2, 0.25) is 0 Å². The minimum Gasteiger partial charge on any atom is -0.460 e. The predicted molar refractivity (Wildman–Crippen MR) is 115 cm³/mol. The SMILES string of the molecule is Cc1ccc(C23CC4CC(CC(COC(=O)C(F)(F)S(=O)(=O)O)(C4)C2)C3)c2ccccc12. The first-order valence-corrected chi connectivity index (χ1v) is 12.4. The van der Waals surface area contributed by atoms with Crippen LogP contribution >= 0.6 is 0 Å². The van der Waals surface area contributed by atoms with Crippen LogP contribution in [-0.2, 0) is 25.1 Å². The van der Waals surface area contributed by atoms with Gasteiger partial charge in [0.25, 0.3) is 0 Å². The summed E-state index contributed by atoms with van der Waals surface area (Å²) in [5.74, 6) is -1.38. The lowest BCUT2D eigenvalue weighted by molar-refractivity contribution is -0.173. The number of ether oxygens (including phenoxy) is 1. The van der Waals surface area contributed by atoms with Crippen molar-refractivity contribution in [2.75, 3.05) is 6.61 Å². The summed E-state index contributed by atoms with van der Waals surface area (Å²) < 4.78 is 62.9. The Morgan fingerprint density at radius 1 is 1.09 bits per heavy atom. The van der Waals surface area contributed by atoms with E-state index in [1.807, 2.05) is 12.1 Å². The van der Waals surface area contributed by atoms with E-state index in [0.29, 0.717) is 18.3 Å². The fourth-order valence-corrected chi connectivity index (χ4v) is 7.53. The van der Waals surface area contributed by atoms with Gasteiger partial charge in [0, 0.05) is 5.41 Å². The number of hydrogen-bond donors (Lipinski definition) is 1. The van der Waals surface area contributed by atoms with Crippen molar-refractivity contribution >= 4 is 26.9 Å². The second-order valence-electron chi connectivity index (χ2n) is 10.3. The molecule has 0 aromatic heterocycles. The third kappa shape index (κ3) is 3.25. The van der Waals surface area contributed by atoms with Gasteiger partial charge in [0.05, 0.1) is 6.61 Å². The average molecular weight is 465 g/mol. The lowest BCUT2D eigenvalue weighted by Gasteiger charge is -2.62. The van der Waals surface area contributed by atoms with E-state index in [4.69, 9.17) is 9.29 Å². The van der Waals surface area contributed by atoms with Crippen molar-refractivity contribution in [1.29, 1.82) is 0 Å². The molecule has 2 aromatic carbocycles. The van der Waals surface area contributed by atoms with Gasteiger partial charge in [-0.05, 0) is 84.6 Å². The highest BCUT2D eigenvalue weighted by Gasteiger charge is 2.60. The van der Waals surface area contributed by atoms with Gasteiger partial charge in [-0.3, -0.25) is 4.55 Å². The molecule has 2 aromatic rings. The van der Waals surface area contributed by atoms with E-state index in [9.17, 15) is 22.0 Å². The quantitative estimate of drug-likeness (QED) is 0.497. The summed E-state index contributed by atoms with van der Waals surface area (Å²) in [7, 11) is -5.87. The summed E-state index contributed by atoms with van der Waals surface area (Å²) in [5.41, 5.74) is 1.90. The van der Waals surface area contributed by atoms with Crippen LogP contribution in [0, 0.1) is 24.2 Å². The largest absolute Gasteiger partial charge is 0.465 e. The van der Waals surface area contributed by atoms with E-state index >= 15 is 0 Å². The molecular weight excluding hydrogens is 438 g/mol. The van der Waals surface area contributed by atoms with Gasteiger partial charge in [-0.1, -0.05) is 36.4 Å². The molecule has 4 aliphatic carbocycles. The number of aryl methyl sites for hydroxylation is 1. The molecule has 4 bridgehead atoms. The van der Waals surface area contributed by atoms with E-state index in [1.165, 1.54) is 21.9 Å². The van der Waals surface area contributed by atoms with E-state index in [2.05, 4.69) is 31.2 Å². The van der Waals surface area contributed by atoms with E-state index in [1.54, 1.807) is 0 Å². The summed E-state index contributed by atoms with van der Waals surface area (Å²) in [6.45, 7) is 1.83. The minimum atomic E-state index is -5.87. The average Bonchev–Trinajstić information content (AvgIpc) is 2.70. The third-order valence-electron chi connectivity index (χ3n) is 7.97. The minimum absolute atomic E-state index is 0.116. The maximum Gasteiger partial charge on any atom is 0.465 e. The molecule has 32 heavy (non-hydrogen) atoms. The highest BCUT2D eigenvalue weighted by Crippen LogP contribution is 2.66. The zero-order valence-electron chi connectivity index (χ0n) is 17.8. The molecule has 6 rings (SSSR count). The summed E-state index contributed by atoms with van der Waals surface area (Å²) in [5, 5.41) is -2.55. The molecule has 0 heterocycles. The lowest BCUT2D eigenvalue weighted by Crippen LogP contribution is -2.56. The van der Waals surface area contributed by atoms with Crippen molar-refractivity contribution in [3.63, 3.8) is 0 Å². The van der Waals surface area contributed by atoms with Gasteiger partial charge >= 0.3 is 21.3 Å². The molecule has 0 aliphatic heterocycles. The fourth-order valence-electron chi connectivity index (χ4n) is 7.26. The molecular formula is C24H26F2O5S. The van der Waals surface area contributed by atoms with Crippen LogP contribution in [0.3, 0.4) is 0 Å². The highest BCUT2D eigenvalue weighted by molar-refractivity contribution is 7.87. The summed E-state index contributed by atoms with van der Waals surface area (Å²) in [6.07, 6.45) is 5.40. The topological polar surface area (TPSA) is 80.7 Å². The Morgan fingerprint density at radius 2 is 1.72 bits per heavy atom. The van der Waals surface area contributed by atoms with Crippen LogP contribution < -0.4 is 0 Å². The number of alkyl halides is 2. The molecule has 0 amide bonds. The normalized spacial score (nSPS) is 31.8. The van der Waals surface area contributed by atoms with Crippen LogP contribution in [0.25, 0.3) is 10.8 Å². The molecule has 4 fully saturated rings. The van der Waals surface area contributed by atoms with Crippen molar-refractivity contribution in [2.45, 2.75) is 56.1 Å². The van der Waals surface area contributed by atoms with E-state index < -0.39 is 26.8 Å². The van der Waals surface area contributed by atoms with Gasteiger partial charge in [-0.2, -0.15) is 17.2 Å². The number of carbonyl (C=O) groups is 1. The first-order valence-electron chi connectivity index (χ1n) is 11.0. The van der Waals surface area contributed by atoms with Crippen LogP contribution in [0.2, 0.25) is 0 Å².